The summed E-state index contributed by atoms with van der Waals surface area (Å²) in [6.07, 6.45) is 4.55. The van der Waals surface area contributed by atoms with Gasteiger partial charge in [0.15, 0.2) is 11.5 Å². The highest BCUT2D eigenvalue weighted by molar-refractivity contribution is 9.09. The Bertz CT molecular complexity index is 624. The van der Waals surface area contributed by atoms with Crippen LogP contribution in [0.15, 0.2) is 18.2 Å². The number of esters is 1. The Hall–Kier alpha value is -1.27. The van der Waals surface area contributed by atoms with Gasteiger partial charge in [-0.15, -0.1) is 0 Å². The Labute approximate surface area is 164 Å². The molecule has 144 valence electrons. The van der Waals surface area contributed by atoms with E-state index in [4.69, 9.17) is 14.2 Å². The van der Waals surface area contributed by atoms with Crippen LogP contribution in [-0.4, -0.2) is 49.2 Å². The lowest BCUT2D eigenvalue weighted by atomic mass is 9.83. The zero-order valence-corrected chi connectivity index (χ0v) is 17.2. The van der Waals surface area contributed by atoms with Crippen LogP contribution >= 0.6 is 15.9 Å². The normalized spacial score (nSPS) is 24.8. The van der Waals surface area contributed by atoms with Crippen molar-refractivity contribution in [3.8, 4) is 11.5 Å². The van der Waals surface area contributed by atoms with Gasteiger partial charge in [-0.2, -0.15) is 0 Å². The first-order valence-corrected chi connectivity index (χ1v) is 10.6. The summed E-state index contributed by atoms with van der Waals surface area (Å²) in [5.41, 5.74) is 1.13. The third-order valence-corrected chi connectivity index (χ3v) is 5.88. The zero-order chi connectivity index (χ0) is 18.5. The first-order chi connectivity index (χ1) is 12.7. The van der Waals surface area contributed by atoms with E-state index in [1.54, 1.807) is 0 Å². The van der Waals surface area contributed by atoms with Crippen molar-refractivity contribution in [2.24, 2.45) is 5.92 Å². The molecular formula is C20H28BrNO4. The number of methoxy groups -OCH3 is 1. The zero-order valence-electron chi connectivity index (χ0n) is 15.6. The van der Waals surface area contributed by atoms with Gasteiger partial charge in [-0.25, -0.2) is 0 Å². The molecule has 5 nitrogen and oxygen atoms in total. The third kappa shape index (κ3) is 4.01. The predicted octanol–water partition coefficient (Wildman–Crippen LogP) is 3.95. The first kappa shape index (κ1) is 19.5. The molecule has 0 radical (unpaired) electrons. The summed E-state index contributed by atoms with van der Waals surface area (Å²) in [6.45, 7) is 4.27. The van der Waals surface area contributed by atoms with E-state index in [2.05, 4.69) is 33.8 Å². The van der Waals surface area contributed by atoms with Crippen LogP contribution in [0.3, 0.4) is 0 Å². The Morgan fingerprint density at radius 3 is 2.85 bits per heavy atom. The van der Waals surface area contributed by atoms with Crippen LogP contribution in [0.5, 0.6) is 11.5 Å². The van der Waals surface area contributed by atoms with Gasteiger partial charge >= 0.3 is 5.97 Å². The summed E-state index contributed by atoms with van der Waals surface area (Å²) in [6, 6.07) is 6.27. The number of carbonyl (C=O) groups excluding carboxylic acids is 1. The minimum absolute atomic E-state index is 0.105. The molecule has 2 aliphatic rings. The van der Waals surface area contributed by atoms with Gasteiger partial charge in [-0.1, -0.05) is 48.2 Å². The van der Waals surface area contributed by atoms with Gasteiger partial charge in [0.1, 0.15) is 0 Å². The number of unbranched alkanes of at least 4 members (excludes halogenated alkanes) is 2. The molecular weight excluding hydrogens is 398 g/mol. The highest BCUT2D eigenvalue weighted by Gasteiger charge is 2.46. The second-order valence-corrected chi connectivity index (χ2v) is 7.81. The van der Waals surface area contributed by atoms with Crippen molar-refractivity contribution in [1.82, 2.24) is 4.90 Å². The third-order valence-electron chi connectivity index (χ3n) is 5.52. The fourth-order valence-electron chi connectivity index (χ4n) is 4.24. The molecule has 0 aromatic heterocycles. The van der Waals surface area contributed by atoms with Crippen molar-refractivity contribution in [1.29, 1.82) is 0 Å². The first-order valence-electron chi connectivity index (χ1n) is 9.47. The summed E-state index contributed by atoms with van der Waals surface area (Å²) >= 11 is 3.57. The van der Waals surface area contributed by atoms with Crippen molar-refractivity contribution in [3.05, 3.63) is 23.8 Å². The molecule has 1 aromatic rings. The average Bonchev–Trinajstić information content (AvgIpc) is 3.26. The molecule has 1 fully saturated rings. The van der Waals surface area contributed by atoms with E-state index in [-0.39, 0.29) is 30.6 Å². The Balaban J connectivity index is 1.87. The molecule has 1 saturated heterocycles. The number of likely N-dealkylation sites (tertiary alicyclic amines) is 1. The van der Waals surface area contributed by atoms with E-state index in [9.17, 15) is 4.79 Å². The topological polar surface area (TPSA) is 48.0 Å². The van der Waals surface area contributed by atoms with Gasteiger partial charge in [0.2, 0.25) is 6.79 Å². The highest BCUT2D eigenvalue weighted by atomic mass is 79.9. The molecule has 0 aliphatic carbocycles. The molecule has 0 N–H and O–H groups in total. The number of carbonyl (C=O) groups is 1. The molecule has 3 atom stereocenters. The summed E-state index contributed by atoms with van der Waals surface area (Å²) in [5.74, 6) is 1.41. The van der Waals surface area contributed by atoms with E-state index in [1.807, 2.05) is 12.1 Å². The number of fused-ring (bicyclic) bond motifs is 1. The molecule has 0 saturated carbocycles. The predicted molar refractivity (Wildman–Crippen MR) is 104 cm³/mol. The molecule has 2 aliphatic heterocycles. The number of hydrogen-bond donors (Lipinski definition) is 0. The Kier molecular flexibility index (Phi) is 6.81. The van der Waals surface area contributed by atoms with Gasteiger partial charge in [-0.05, 0) is 24.1 Å². The van der Waals surface area contributed by atoms with E-state index >= 15 is 0 Å². The van der Waals surface area contributed by atoms with Crippen LogP contribution in [0.4, 0.5) is 0 Å². The lowest BCUT2D eigenvalue weighted by Crippen LogP contribution is -2.37. The highest BCUT2D eigenvalue weighted by Crippen LogP contribution is 2.43. The van der Waals surface area contributed by atoms with E-state index in [0.29, 0.717) is 0 Å². The minimum Gasteiger partial charge on any atom is -0.469 e. The van der Waals surface area contributed by atoms with Crippen LogP contribution in [0.25, 0.3) is 0 Å². The molecule has 2 heterocycles. The smallest absolute Gasteiger partial charge is 0.310 e. The van der Waals surface area contributed by atoms with Gasteiger partial charge in [0.05, 0.1) is 13.0 Å². The van der Waals surface area contributed by atoms with E-state index in [1.165, 1.54) is 20.0 Å². The van der Waals surface area contributed by atoms with Gasteiger partial charge < -0.3 is 14.2 Å². The minimum atomic E-state index is -0.142. The maximum atomic E-state index is 12.7. The molecule has 0 unspecified atom stereocenters. The Morgan fingerprint density at radius 1 is 1.31 bits per heavy atom. The summed E-state index contributed by atoms with van der Waals surface area (Å²) in [4.78, 5) is 15.2. The summed E-state index contributed by atoms with van der Waals surface area (Å²) < 4.78 is 16.2. The molecule has 6 heteroatoms. The number of benzene rings is 1. The van der Waals surface area contributed by atoms with E-state index in [0.717, 1.165) is 48.3 Å². The molecule has 1 aromatic carbocycles. The maximum absolute atomic E-state index is 12.7. The van der Waals surface area contributed by atoms with Crippen LogP contribution in [0.1, 0.15) is 44.1 Å². The van der Waals surface area contributed by atoms with Crippen LogP contribution < -0.4 is 9.47 Å². The number of hydrogen-bond acceptors (Lipinski definition) is 5. The molecule has 26 heavy (non-hydrogen) atoms. The fraction of sp³-hybridized carbons (Fsp3) is 0.650. The van der Waals surface area contributed by atoms with Gasteiger partial charge in [0, 0.05) is 30.4 Å². The van der Waals surface area contributed by atoms with Gasteiger partial charge in [0.25, 0.3) is 0 Å². The Morgan fingerprint density at radius 2 is 2.12 bits per heavy atom. The van der Waals surface area contributed by atoms with Crippen LogP contribution in [0.2, 0.25) is 0 Å². The standard InChI is InChI=1S/C20H28BrNO4/c1-3-4-5-6-16-19(20(23)24-2)15(12-22(16)10-9-21)14-7-8-17-18(11-14)26-13-25-17/h7-8,11,15-16,19H,3-6,9-10,12-13H2,1-2H3/t15-,16-,19+/m1/s1. The van der Waals surface area contributed by atoms with Crippen molar-refractivity contribution < 1.29 is 19.0 Å². The largest absolute Gasteiger partial charge is 0.469 e. The number of nitrogens with zero attached hydrogens (tertiary/aromatic N) is 1. The monoisotopic (exact) mass is 425 g/mol. The molecule has 0 spiro atoms. The lowest BCUT2D eigenvalue weighted by Gasteiger charge is -2.27. The summed E-state index contributed by atoms with van der Waals surface area (Å²) in [7, 11) is 1.50. The van der Waals surface area contributed by atoms with E-state index < -0.39 is 0 Å². The number of ether oxygens (including phenoxy) is 3. The second kappa shape index (κ2) is 9.09. The fourth-order valence-corrected chi connectivity index (χ4v) is 4.70. The summed E-state index contributed by atoms with van der Waals surface area (Å²) in [5, 5.41) is 0.902. The molecule has 0 bridgehead atoms. The second-order valence-electron chi connectivity index (χ2n) is 7.02. The van der Waals surface area contributed by atoms with Crippen molar-refractivity contribution in [2.45, 2.75) is 44.6 Å². The SMILES string of the molecule is CCCCC[C@@H]1[C@@H](C(=O)OC)[C@@H](c2ccc3c(c2)OCO3)CN1CCBr. The quantitative estimate of drug-likeness (QED) is 0.358. The van der Waals surface area contributed by atoms with Gasteiger partial charge in [-0.3, -0.25) is 9.69 Å². The molecule has 0 amide bonds. The van der Waals surface area contributed by atoms with Crippen molar-refractivity contribution >= 4 is 21.9 Å². The maximum Gasteiger partial charge on any atom is 0.310 e. The van der Waals surface area contributed by atoms with Crippen molar-refractivity contribution in [2.75, 3.05) is 32.3 Å². The number of halogens is 1. The van der Waals surface area contributed by atoms with Crippen LogP contribution in [0, 0.1) is 5.92 Å². The lowest BCUT2D eigenvalue weighted by molar-refractivity contribution is -0.146. The van der Waals surface area contributed by atoms with Crippen molar-refractivity contribution in [3.63, 3.8) is 0 Å². The molecule has 3 rings (SSSR count). The number of rotatable bonds is 8. The average molecular weight is 426 g/mol. The van der Waals surface area contributed by atoms with Crippen LogP contribution in [-0.2, 0) is 9.53 Å². The number of alkyl halides is 1.